The molecule has 2 nitrogen and oxygen atoms in total. The van der Waals surface area contributed by atoms with Crippen molar-refractivity contribution in [2.45, 2.75) is 65.5 Å². The maximum Gasteiger partial charge on any atom is 0.0220 e. The van der Waals surface area contributed by atoms with E-state index < -0.39 is 0 Å². The molecule has 0 aliphatic carbocycles. The normalized spacial score (nSPS) is 13.9. The average molecular weight is 200 g/mol. The van der Waals surface area contributed by atoms with Crippen LogP contribution in [0.4, 0.5) is 0 Å². The first-order valence-electron chi connectivity index (χ1n) is 6.13. The molecule has 0 saturated heterocycles. The van der Waals surface area contributed by atoms with E-state index in [2.05, 4.69) is 32.6 Å². The van der Waals surface area contributed by atoms with Crippen molar-refractivity contribution in [3.63, 3.8) is 0 Å². The van der Waals surface area contributed by atoms with Gasteiger partial charge in [0.2, 0.25) is 0 Å². The highest BCUT2D eigenvalue weighted by molar-refractivity contribution is 4.74. The average Bonchev–Trinajstić information content (AvgIpc) is 2.16. The van der Waals surface area contributed by atoms with Gasteiger partial charge in [-0.25, -0.2) is 0 Å². The molecule has 1 unspecified atom stereocenters. The third kappa shape index (κ3) is 4.97. The van der Waals surface area contributed by atoms with Crippen LogP contribution in [0, 0.1) is 0 Å². The Balaban J connectivity index is 3.95. The summed E-state index contributed by atoms with van der Waals surface area (Å²) in [5.41, 5.74) is 5.83. The molecule has 0 heterocycles. The van der Waals surface area contributed by atoms with Gasteiger partial charge in [0.25, 0.3) is 0 Å². The Labute approximate surface area is 89.9 Å². The first-order chi connectivity index (χ1) is 6.67. The summed E-state index contributed by atoms with van der Waals surface area (Å²) in [5, 5.41) is 0. The van der Waals surface area contributed by atoms with Crippen LogP contribution in [0.25, 0.3) is 0 Å². The van der Waals surface area contributed by atoms with Crippen molar-refractivity contribution in [2.75, 3.05) is 13.1 Å². The van der Waals surface area contributed by atoms with E-state index in [1.165, 1.54) is 25.7 Å². The highest BCUT2D eigenvalue weighted by Crippen LogP contribution is 2.12. The maximum atomic E-state index is 5.83. The van der Waals surface area contributed by atoms with Gasteiger partial charge in [-0.15, -0.1) is 0 Å². The number of nitrogens with two attached hydrogens (primary N) is 1. The maximum absolute atomic E-state index is 5.83. The van der Waals surface area contributed by atoms with Gasteiger partial charge in [0.15, 0.2) is 0 Å². The molecule has 2 heteroatoms. The van der Waals surface area contributed by atoms with Crippen molar-refractivity contribution in [1.82, 2.24) is 4.90 Å². The summed E-state index contributed by atoms with van der Waals surface area (Å²) in [7, 11) is 0. The number of rotatable bonds is 8. The number of hydrogen-bond donors (Lipinski definition) is 1. The van der Waals surface area contributed by atoms with E-state index in [0.29, 0.717) is 12.1 Å². The van der Waals surface area contributed by atoms with E-state index >= 15 is 0 Å². The second-order valence-electron chi connectivity index (χ2n) is 4.31. The lowest BCUT2D eigenvalue weighted by molar-refractivity contribution is 0.155. The molecule has 0 aliphatic rings. The molecule has 86 valence electrons. The lowest BCUT2D eigenvalue weighted by atomic mass is 10.1. The van der Waals surface area contributed by atoms with Crippen molar-refractivity contribution in [3.8, 4) is 0 Å². The van der Waals surface area contributed by atoms with Crippen LogP contribution in [0.3, 0.4) is 0 Å². The highest BCUT2D eigenvalue weighted by atomic mass is 15.2. The Morgan fingerprint density at radius 2 is 1.79 bits per heavy atom. The second kappa shape index (κ2) is 8.25. The fourth-order valence-corrected chi connectivity index (χ4v) is 2.09. The number of hydrogen-bond acceptors (Lipinski definition) is 2. The quantitative estimate of drug-likeness (QED) is 0.610. The molecule has 0 aromatic carbocycles. The molecule has 0 aromatic heterocycles. The summed E-state index contributed by atoms with van der Waals surface area (Å²) >= 11 is 0. The topological polar surface area (TPSA) is 29.3 Å². The summed E-state index contributed by atoms with van der Waals surface area (Å²) in [6, 6.07) is 1.21. The van der Waals surface area contributed by atoms with E-state index in [0.717, 1.165) is 13.1 Å². The van der Waals surface area contributed by atoms with Gasteiger partial charge >= 0.3 is 0 Å². The van der Waals surface area contributed by atoms with Crippen LogP contribution in [0.5, 0.6) is 0 Å². The fraction of sp³-hybridized carbons (Fsp3) is 1.00. The number of nitrogens with zero attached hydrogens (tertiary/aromatic N) is 1. The molecular weight excluding hydrogens is 172 g/mol. The van der Waals surface area contributed by atoms with Gasteiger partial charge < -0.3 is 5.73 Å². The summed E-state index contributed by atoms with van der Waals surface area (Å²) in [5.74, 6) is 0. The molecule has 0 spiro atoms. The van der Waals surface area contributed by atoms with Crippen LogP contribution in [0.2, 0.25) is 0 Å². The monoisotopic (exact) mass is 200 g/mol. The van der Waals surface area contributed by atoms with Gasteiger partial charge in [-0.05, 0) is 26.8 Å². The molecule has 0 fully saturated rings. The SMILES string of the molecule is CCCCCC(CN)N(CC)C(C)C. The molecule has 0 radical (unpaired) electrons. The second-order valence-corrected chi connectivity index (χ2v) is 4.31. The molecule has 0 saturated carbocycles. The highest BCUT2D eigenvalue weighted by Gasteiger charge is 2.17. The van der Waals surface area contributed by atoms with E-state index in [-0.39, 0.29) is 0 Å². The molecule has 0 amide bonds. The van der Waals surface area contributed by atoms with Crippen LogP contribution >= 0.6 is 0 Å². The lowest BCUT2D eigenvalue weighted by Gasteiger charge is -2.33. The summed E-state index contributed by atoms with van der Waals surface area (Å²) in [6.07, 6.45) is 5.22. The van der Waals surface area contributed by atoms with Gasteiger partial charge in [-0.3, -0.25) is 4.90 Å². The van der Waals surface area contributed by atoms with Crippen molar-refractivity contribution in [2.24, 2.45) is 5.73 Å². The zero-order chi connectivity index (χ0) is 11.0. The standard InChI is InChI=1S/C12H28N2/c1-5-7-8-9-12(10-13)14(6-2)11(3)4/h11-12H,5-10,13H2,1-4H3. The minimum absolute atomic E-state index is 0.589. The molecule has 0 bridgehead atoms. The Hall–Kier alpha value is -0.0800. The third-order valence-electron chi connectivity index (χ3n) is 2.91. The molecule has 14 heavy (non-hydrogen) atoms. The first-order valence-corrected chi connectivity index (χ1v) is 6.13. The first kappa shape index (κ1) is 13.9. The Morgan fingerprint density at radius 3 is 2.14 bits per heavy atom. The summed E-state index contributed by atoms with van der Waals surface area (Å²) in [6.45, 7) is 10.9. The van der Waals surface area contributed by atoms with Crippen molar-refractivity contribution in [3.05, 3.63) is 0 Å². The number of likely N-dealkylation sites (N-methyl/N-ethyl adjacent to an activating group) is 1. The third-order valence-corrected chi connectivity index (χ3v) is 2.91. The predicted octanol–water partition coefficient (Wildman–Crippen LogP) is 2.62. The van der Waals surface area contributed by atoms with Crippen molar-refractivity contribution < 1.29 is 0 Å². The lowest BCUT2D eigenvalue weighted by Crippen LogP contribution is -2.44. The molecule has 0 rings (SSSR count). The van der Waals surface area contributed by atoms with E-state index in [9.17, 15) is 0 Å². The molecule has 1 atom stereocenters. The zero-order valence-corrected chi connectivity index (χ0v) is 10.4. The van der Waals surface area contributed by atoms with Crippen LogP contribution in [0.15, 0.2) is 0 Å². The van der Waals surface area contributed by atoms with Gasteiger partial charge in [0.05, 0.1) is 0 Å². The minimum Gasteiger partial charge on any atom is -0.329 e. The van der Waals surface area contributed by atoms with Crippen LogP contribution in [-0.2, 0) is 0 Å². The fourth-order valence-electron chi connectivity index (χ4n) is 2.09. The van der Waals surface area contributed by atoms with Gasteiger partial charge in [-0.2, -0.15) is 0 Å². The zero-order valence-electron chi connectivity index (χ0n) is 10.4. The van der Waals surface area contributed by atoms with Crippen LogP contribution in [0.1, 0.15) is 53.4 Å². The van der Waals surface area contributed by atoms with E-state index in [1.807, 2.05) is 0 Å². The predicted molar refractivity (Wildman–Crippen MR) is 64.5 cm³/mol. The van der Waals surface area contributed by atoms with Crippen LogP contribution < -0.4 is 5.73 Å². The van der Waals surface area contributed by atoms with E-state index in [1.54, 1.807) is 0 Å². The largest absolute Gasteiger partial charge is 0.329 e. The molecule has 0 aromatic rings. The van der Waals surface area contributed by atoms with Crippen LogP contribution in [-0.4, -0.2) is 30.1 Å². The smallest absolute Gasteiger partial charge is 0.0220 e. The summed E-state index contributed by atoms with van der Waals surface area (Å²) < 4.78 is 0. The number of unbranched alkanes of at least 4 members (excludes halogenated alkanes) is 2. The minimum atomic E-state index is 0.589. The van der Waals surface area contributed by atoms with Crippen molar-refractivity contribution in [1.29, 1.82) is 0 Å². The van der Waals surface area contributed by atoms with Gasteiger partial charge in [0, 0.05) is 18.6 Å². The van der Waals surface area contributed by atoms with Gasteiger partial charge in [0.1, 0.15) is 0 Å². The molecule has 2 N–H and O–H groups in total. The Morgan fingerprint density at radius 1 is 1.14 bits per heavy atom. The van der Waals surface area contributed by atoms with E-state index in [4.69, 9.17) is 5.73 Å². The van der Waals surface area contributed by atoms with Gasteiger partial charge in [-0.1, -0.05) is 33.1 Å². The van der Waals surface area contributed by atoms with Crippen molar-refractivity contribution >= 4 is 0 Å². The Kier molecular flexibility index (Phi) is 8.20. The summed E-state index contributed by atoms with van der Waals surface area (Å²) in [4.78, 5) is 2.51. The Bertz CT molecular complexity index is 123. The molecular formula is C12H28N2. The molecule has 0 aliphatic heterocycles.